The minimum Gasteiger partial charge on any atom is -1.00 e. The number of hydrogen-bond donors (Lipinski definition) is 0. The molecule has 0 radical (unpaired) electrons. The molecule has 28 valence electrons. The Bertz CT molecular complexity index is 11.6. The Balaban J connectivity index is 0. The van der Waals surface area contributed by atoms with Crippen molar-refractivity contribution in [3.05, 3.63) is 0 Å². The molecule has 0 N–H and O–H groups in total. The molecule has 0 aliphatic heterocycles. The zero-order chi connectivity index (χ0) is 3.41. The van der Waals surface area contributed by atoms with E-state index in [-0.39, 0.29) is 17.0 Å². The molecule has 0 rings (SSSR count). The Morgan fingerprint density at radius 3 is 2.00 bits per heavy atom. The average molecular weight is 212 g/mol. The second-order valence-corrected chi connectivity index (χ2v) is 4.68. The molecular formula is C2H5BrMgSe. The van der Waals surface area contributed by atoms with Crippen LogP contribution in [0.3, 0.4) is 0 Å². The third kappa shape index (κ3) is 10.7. The van der Waals surface area contributed by atoms with E-state index in [1.54, 1.807) is 0 Å². The van der Waals surface area contributed by atoms with Gasteiger partial charge in [0.25, 0.3) is 0 Å². The van der Waals surface area contributed by atoms with Crippen LogP contribution >= 0.6 is 0 Å². The van der Waals surface area contributed by atoms with Gasteiger partial charge in [-0.2, -0.15) is 0 Å². The largest absolute Gasteiger partial charge is 1.00 e. The minimum absolute atomic E-state index is 0. The molecule has 0 aromatic heterocycles. The van der Waals surface area contributed by atoms with Crippen LogP contribution in [0.25, 0.3) is 0 Å². The molecule has 5 heavy (non-hydrogen) atoms. The SMILES string of the molecule is CC[Se][Mg+].[Br-]. The van der Waals surface area contributed by atoms with Gasteiger partial charge in [-0.15, -0.1) is 0 Å². The summed E-state index contributed by atoms with van der Waals surface area (Å²) in [4.78, 5) is 0. The van der Waals surface area contributed by atoms with E-state index in [0.717, 1.165) is 11.9 Å². The van der Waals surface area contributed by atoms with Crippen LogP contribution in [0.1, 0.15) is 6.92 Å². The van der Waals surface area contributed by atoms with Crippen LogP contribution in [-0.4, -0.2) is 31.4 Å². The smallest absolute Gasteiger partial charge is 1.00 e. The zero-order valence-corrected chi connectivity index (χ0v) is 7.91. The molecular weight excluding hydrogens is 207 g/mol. The molecule has 0 atom stereocenters. The molecule has 0 aliphatic rings. The zero-order valence-electron chi connectivity index (χ0n) is 3.20. The van der Waals surface area contributed by atoms with Crippen molar-refractivity contribution in [3.8, 4) is 0 Å². The first-order chi connectivity index (χ1) is 1.91. The van der Waals surface area contributed by atoms with Gasteiger partial charge in [-0.25, -0.2) is 0 Å². The molecule has 3 heteroatoms. The first-order valence-corrected chi connectivity index (χ1v) is 6.71. The maximum absolute atomic E-state index is 2.22. The summed E-state index contributed by atoms with van der Waals surface area (Å²) in [5, 5.41) is 1.39. The fourth-order valence-corrected chi connectivity index (χ4v) is 0. The van der Waals surface area contributed by atoms with Crippen molar-refractivity contribution in [1.82, 2.24) is 0 Å². The van der Waals surface area contributed by atoms with Crippen LogP contribution in [-0.2, 0) is 0 Å². The van der Waals surface area contributed by atoms with Crippen LogP contribution < -0.4 is 17.0 Å². The van der Waals surface area contributed by atoms with Gasteiger partial charge in [0.2, 0.25) is 0 Å². The molecule has 0 unspecified atom stereocenters. The summed E-state index contributed by atoms with van der Waals surface area (Å²) >= 11 is 3.03. The van der Waals surface area contributed by atoms with Crippen molar-refractivity contribution in [2.45, 2.75) is 12.2 Å². The predicted molar refractivity (Wildman–Crippen MR) is 22.0 cm³/mol. The molecule has 0 amide bonds. The quantitative estimate of drug-likeness (QED) is 0.412. The normalized spacial score (nSPS) is 6.20. The van der Waals surface area contributed by atoms with Crippen LogP contribution in [0.5, 0.6) is 0 Å². The molecule has 0 aliphatic carbocycles. The summed E-state index contributed by atoms with van der Waals surface area (Å²) in [6.07, 6.45) is 0. The summed E-state index contributed by atoms with van der Waals surface area (Å²) in [5.74, 6) is 0. The van der Waals surface area contributed by atoms with Gasteiger partial charge in [-0.3, -0.25) is 0 Å². The third-order valence-electron chi connectivity index (χ3n) is 0.204. The van der Waals surface area contributed by atoms with E-state index in [4.69, 9.17) is 0 Å². The summed E-state index contributed by atoms with van der Waals surface area (Å²) in [7, 11) is 0. The maximum Gasteiger partial charge on any atom is -1.00 e. The molecule has 0 fully saturated rings. The summed E-state index contributed by atoms with van der Waals surface area (Å²) in [6.45, 7) is 2.22. The van der Waals surface area contributed by atoms with E-state index in [2.05, 4.69) is 26.4 Å². The van der Waals surface area contributed by atoms with Crippen molar-refractivity contribution >= 4 is 31.4 Å². The van der Waals surface area contributed by atoms with Crippen molar-refractivity contribution in [1.29, 1.82) is 0 Å². The number of hydrogen-bond acceptors (Lipinski definition) is 0. The Labute approximate surface area is 60.2 Å². The first-order valence-electron chi connectivity index (χ1n) is 1.28. The minimum atomic E-state index is 0. The predicted octanol–water partition coefficient (Wildman–Crippen LogP) is -2.78. The van der Waals surface area contributed by atoms with Crippen LogP contribution in [0.2, 0.25) is 5.32 Å². The molecule has 0 heterocycles. The fourth-order valence-electron chi connectivity index (χ4n) is 0. The first kappa shape index (κ1) is 9.90. The Hall–Kier alpha value is 1.77. The van der Waals surface area contributed by atoms with Gasteiger partial charge in [-0.1, -0.05) is 0 Å². The molecule has 0 aromatic carbocycles. The van der Waals surface area contributed by atoms with Crippen LogP contribution in [0.15, 0.2) is 0 Å². The Kier molecular flexibility index (Phi) is 18.3. The van der Waals surface area contributed by atoms with Crippen molar-refractivity contribution in [2.24, 2.45) is 0 Å². The van der Waals surface area contributed by atoms with Crippen LogP contribution in [0.4, 0.5) is 0 Å². The van der Waals surface area contributed by atoms with Crippen molar-refractivity contribution in [2.75, 3.05) is 0 Å². The van der Waals surface area contributed by atoms with Crippen molar-refractivity contribution < 1.29 is 17.0 Å². The molecule has 0 nitrogen and oxygen atoms in total. The van der Waals surface area contributed by atoms with Gasteiger partial charge in [0.1, 0.15) is 0 Å². The van der Waals surface area contributed by atoms with Crippen LogP contribution in [0, 0.1) is 0 Å². The monoisotopic (exact) mass is 212 g/mol. The van der Waals surface area contributed by atoms with Gasteiger partial charge in [0.05, 0.1) is 0 Å². The van der Waals surface area contributed by atoms with Gasteiger partial charge in [0, 0.05) is 0 Å². The van der Waals surface area contributed by atoms with E-state index in [0.29, 0.717) is 0 Å². The van der Waals surface area contributed by atoms with Crippen molar-refractivity contribution in [3.63, 3.8) is 0 Å². The number of halogens is 1. The standard InChI is InChI=1S/C2H6Se.BrH.Mg/c1-2-3;;/h3H,2H2,1H3;1H;/q;;+2/p-2. The summed E-state index contributed by atoms with van der Waals surface area (Å²) in [5.41, 5.74) is 0. The van der Waals surface area contributed by atoms with Gasteiger partial charge in [0.15, 0.2) is 0 Å². The van der Waals surface area contributed by atoms with Gasteiger partial charge < -0.3 is 17.0 Å². The maximum atomic E-state index is 2.22. The second kappa shape index (κ2) is 9.23. The van der Waals surface area contributed by atoms with E-state index in [1.165, 1.54) is 5.32 Å². The Morgan fingerprint density at radius 1 is 1.80 bits per heavy atom. The van der Waals surface area contributed by atoms with E-state index < -0.39 is 0 Å². The van der Waals surface area contributed by atoms with Gasteiger partial charge in [-0.05, 0) is 0 Å². The molecule has 0 bridgehead atoms. The van der Waals surface area contributed by atoms with E-state index >= 15 is 0 Å². The molecule has 0 saturated heterocycles. The fraction of sp³-hybridized carbons (Fsp3) is 1.00. The summed E-state index contributed by atoms with van der Waals surface area (Å²) < 4.78 is 0. The molecule has 0 aromatic rings. The molecule has 0 saturated carbocycles. The van der Waals surface area contributed by atoms with E-state index in [9.17, 15) is 0 Å². The Morgan fingerprint density at radius 2 is 2.00 bits per heavy atom. The van der Waals surface area contributed by atoms with Gasteiger partial charge >= 0.3 is 43.7 Å². The average Bonchev–Trinajstić information content (AvgIpc) is 1.37. The topological polar surface area (TPSA) is 0 Å². The molecule has 0 spiro atoms. The summed E-state index contributed by atoms with van der Waals surface area (Å²) in [6, 6.07) is 0. The van der Waals surface area contributed by atoms with E-state index in [1.807, 2.05) is 0 Å². The number of rotatable bonds is 1. The second-order valence-electron chi connectivity index (χ2n) is 0.493. The third-order valence-corrected chi connectivity index (χ3v) is 3.18.